The van der Waals surface area contributed by atoms with Gasteiger partial charge < -0.3 is 10.8 Å². The van der Waals surface area contributed by atoms with Gasteiger partial charge in [-0.2, -0.15) is 0 Å². The van der Waals surface area contributed by atoms with Crippen LogP contribution in [0.4, 0.5) is 0 Å². The maximum absolute atomic E-state index is 10.1. The van der Waals surface area contributed by atoms with Crippen molar-refractivity contribution in [2.24, 2.45) is 11.1 Å². The molecule has 0 heterocycles. The van der Waals surface area contributed by atoms with E-state index < -0.39 is 6.10 Å². The number of aliphatic hydroxyl groups is 1. The molecule has 2 nitrogen and oxygen atoms in total. The second kappa shape index (κ2) is 4.11. The van der Waals surface area contributed by atoms with Gasteiger partial charge in [0, 0.05) is 12.0 Å². The topological polar surface area (TPSA) is 46.2 Å². The quantitative estimate of drug-likeness (QED) is 0.771. The van der Waals surface area contributed by atoms with E-state index in [1.54, 1.807) is 0 Å². The van der Waals surface area contributed by atoms with E-state index in [-0.39, 0.29) is 5.41 Å². The largest absolute Gasteiger partial charge is 0.388 e. The number of nitrogens with two attached hydrogens (primary N) is 1. The molecule has 1 rings (SSSR count). The van der Waals surface area contributed by atoms with Gasteiger partial charge in [-0.3, -0.25) is 0 Å². The van der Waals surface area contributed by atoms with Gasteiger partial charge >= 0.3 is 0 Å². The van der Waals surface area contributed by atoms with Gasteiger partial charge in [0.1, 0.15) is 0 Å². The summed E-state index contributed by atoms with van der Waals surface area (Å²) in [5.74, 6) is 0. The fourth-order valence-corrected chi connectivity index (χ4v) is 1.40. The molecule has 0 fully saturated rings. The standard InChI is InChI=1S/C12H19NO/c1-9-5-4-6-10(7-9)11(14)12(2,3)8-13/h4-7,11,14H,8,13H2,1-3H3. The maximum atomic E-state index is 10.1. The number of aliphatic hydroxyl groups excluding tert-OH is 1. The number of aryl methyl sites for hydroxylation is 1. The van der Waals surface area contributed by atoms with Gasteiger partial charge in [-0.05, 0) is 12.5 Å². The van der Waals surface area contributed by atoms with Crippen LogP contribution >= 0.6 is 0 Å². The zero-order valence-electron chi connectivity index (χ0n) is 9.12. The Morgan fingerprint density at radius 1 is 1.43 bits per heavy atom. The van der Waals surface area contributed by atoms with Gasteiger partial charge in [0.2, 0.25) is 0 Å². The summed E-state index contributed by atoms with van der Waals surface area (Å²) in [6.07, 6.45) is -0.493. The van der Waals surface area contributed by atoms with Crippen molar-refractivity contribution in [2.45, 2.75) is 26.9 Å². The van der Waals surface area contributed by atoms with E-state index in [9.17, 15) is 5.11 Å². The van der Waals surface area contributed by atoms with Gasteiger partial charge in [-0.15, -0.1) is 0 Å². The highest BCUT2D eigenvalue weighted by molar-refractivity contribution is 5.25. The lowest BCUT2D eigenvalue weighted by Gasteiger charge is -2.29. The number of hydrogen-bond acceptors (Lipinski definition) is 2. The summed E-state index contributed by atoms with van der Waals surface area (Å²) in [5.41, 5.74) is 7.46. The summed E-state index contributed by atoms with van der Waals surface area (Å²) in [6, 6.07) is 7.92. The first kappa shape index (κ1) is 11.2. The second-order valence-electron chi connectivity index (χ2n) is 4.51. The van der Waals surface area contributed by atoms with Crippen LogP contribution in [0, 0.1) is 12.3 Å². The van der Waals surface area contributed by atoms with Gasteiger partial charge in [0.05, 0.1) is 6.10 Å². The summed E-state index contributed by atoms with van der Waals surface area (Å²) in [7, 11) is 0. The third kappa shape index (κ3) is 2.34. The van der Waals surface area contributed by atoms with Crippen molar-refractivity contribution in [3.8, 4) is 0 Å². The Labute approximate surface area is 85.8 Å². The van der Waals surface area contributed by atoms with Crippen LogP contribution < -0.4 is 5.73 Å². The third-order valence-electron chi connectivity index (χ3n) is 2.62. The Hall–Kier alpha value is -0.860. The zero-order chi connectivity index (χ0) is 10.8. The highest BCUT2D eigenvalue weighted by Gasteiger charge is 2.27. The molecule has 1 unspecified atom stereocenters. The molecule has 0 radical (unpaired) electrons. The Kier molecular flexibility index (Phi) is 3.29. The van der Waals surface area contributed by atoms with Crippen molar-refractivity contribution in [2.75, 3.05) is 6.54 Å². The van der Waals surface area contributed by atoms with E-state index in [2.05, 4.69) is 0 Å². The van der Waals surface area contributed by atoms with Crippen LogP contribution in [0.3, 0.4) is 0 Å². The number of benzene rings is 1. The van der Waals surface area contributed by atoms with Crippen molar-refractivity contribution >= 4 is 0 Å². The summed E-state index contributed by atoms with van der Waals surface area (Å²) in [5, 5.41) is 10.1. The molecule has 0 aromatic heterocycles. The van der Waals surface area contributed by atoms with E-state index in [0.29, 0.717) is 6.54 Å². The highest BCUT2D eigenvalue weighted by atomic mass is 16.3. The smallest absolute Gasteiger partial charge is 0.0853 e. The predicted octanol–water partition coefficient (Wildman–Crippen LogP) is 2.01. The first-order chi connectivity index (χ1) is 6.47. The molecule has 0 spiro atoms. The fraction of sp³-hybridized carbons (Fsp3) is 0.500. The average molecular weight is 193 g/mol. The Balaban J connectivity index is 2.94. The summed E-state index contributed by atoms with van der Waals surface area (Å²) < 4.78 is 0. The van der Waals surface area contributed by atoms with E-state index in [1.165, 1.54) is 0 Å². The molecule has 78 valence electrons. The van der Waals surface area contributed by atoms with Crippen molar-refractivity contribution in [3.05, 3.63) is 35.4 Å². The Bertz CT molecular complexity index is 307. The summed E-state index contributed by atoms with van der Waals surface area (Å²) >= 11 is 0. The molecule has 3 N–H and O–H groups in total. The molecule has 0 aliphatic rings. The molecular weight excluding hydrogens is 174 g/mol. The predicted molar refractivity (Wildman–Crippen MR) is 59.0 cm³/mol. The molecule has 0 amide bonds. The molecule has 1 aromatic rings. The van der Waals surface area contributed by atoms with Crippen molar-refractivity contribution in [3.63, 3.8) is 0 Å². The molecule has 0 saturated carbocycles. The van der Waals surface area contributed by atoms with Crippen LogP contribution in [0.2, 0.25) is 0 Å². The second-order valence-corrected chi connectivity index (χ2v) is 4.51. The minimum absolute atomic E-state index is 0.270. The summed E-state index contributed by atoms with van der Waals surface area (Å²) in [6.45, 7) is 6.44. The van der Waals surface area contributed by atoms with Gasteiger partial charge in [0.15, 0.2) is 0 Å². The van der Waals surface area contributed by atoms with Crippen LogP contribution in [-0.2, 0) is 0 Å². The molecule has 2 heteroatoms. The maximum Gasteiger partial charge on any atom is 0.0853 e. The molecule has 1 atom stereocenters. The minimum Gasteiger partial charge on any atom is -0.388 e. The van der Waals surface area contributed by atoms with Crippen molar-refractivity contribution < 1.29 is 5.11 Å². The lowest BCUT2D eigenvalue weighted by Crippen LogP contribution is -2.30. The molecule has 0 aliphatic carbocycles. The molecule has 1 aromatic carbocycles. The zero-order valence-corrected chi connectivity index (χ0v) is 9.12. The molecule has 0 saturated heterocycles. The molecule has 0 aliphatic heterocycles. The SMILES string of the molecule is Cc1cccc(C(O)C(C)(C)CN)c1. The van der Waals surface area contributed by atoms with E-state index in [4.69, 9.17) is 5.73 Å². The van der Waals surface area contributed by atoms with Crippen molar-refractivity contribution in [1.29, 1.82) is 0 Å². The number of hydrogen-bond donors (Lipinski definition) is 2. The Morgan fingerprint density at radius 2 is 2.07 bits per heavy atom. The monoisotopic (exact) mass is 193 g/mol. The van der Waals surface area contributed by atoms with E-state index >= 15 is 0 Å². The first-order valence-electron chi connectivity index (χ1n) is 4.92. The van der Waals surface area contributed by atoms with Crippen molar-refractivity contribution in [1.82, 2.24) is 0 Å². The van der Waals surface area contributed by atoms with Gasteiger partial charge in [-0.1, -0.05) is 43.7 Å². The lowest BCUT2D eigenvalue weighted by atomic mass is 9.82. The molecule has 0 bridgehead atoms. The highest BCUT2D eigenvalue weighted by Crippen LogP contribution is 2.32. The molecular formula is C12H19NO. The Morgan fingerprint density at radius 3 is 2.57 bits per heavy atom. The van der Waals surface area contributed by atoms with Crippen LogP contribution in [-0.4, -0.2) is 11.7 Å². The van der Waals surface area contributed by atoms with Gasteiger partial charge in [-0.25, -0.2) is 0 Å². The summed E-state index contributed by atoms with van der Waals surface area (Å²) in [4.78, 5) is 0. The third-order valence-corrected chi connectivity index (χ3v) is 2.62. The van der Waals surface area contributed by atoms with E-state index in [1.807, 2.05) is 45.0 Å². The lowest BCUT2D eigenvalue weighted by molar-refractivity contribution is 0.0555. The molecule has 14 heavy (non-hydrogen) atoms. The van der Waals surface area contributed by atoms with Crippen LogP contribution in [0.1, 0.15) is 31.1 Å². The van der Waals surface area contributed by atoms with Crippen LogP contribution in [0.5, 0.6) is 0 Å². The van der Waals surface area contributed by atoms with E-state index in [0.717, 1.165) is 11.1 Å². The van der Waals surface area contributed by atoms with Crippen LogP contribution in [0.15, 0.2) is 24.3 Å². The van der Waals surface area contributed by atoms with Crippen LogP contribution in [0.25, 0.3) is 0 Å². The minimum atomic E-state index is -0.493. The number of rotatable bonds is 3. The normalized spacial score (nSPS) is 14.1. The average Bonchev–Trinajstić information content (AvgIpc) is 2.16. The first-order valence-corrected chi connectivity index (χ1v) is 4.92. The fourth-order valence-electron chi connectivity index (χ4n) is 1.40. The van der Waals surface area contributed by atoms with Gasteiger partial charge in [0.25, 0.3) is 0 Å².